The van der Waals surface area contributed by atoms with Gasteiger partial charge in [-0.1, -0.05) is 24.3 Å². The van der Waals surface area contributed by atoms with E-state index in [2.05, 4.69) is 26.9 Å². The van der Waals surface area contributed by atoms with E-state index in [0.29, 0.717) is 24.4 Å². The van der Waals surface area contributed by atoms with E-state index in [9.17, 15) is 9.90 Å². The third kappa shape index (κ3) is 4.54. The quantitative estimate of drug-likeness (QED) is 0.617. The number of para-hydroxylation sites is 1. The third-order valence-electron chi connectivity index (χ3n) is 6.08. The van der Waals surface area contributed by atoms with E-state index >= 15 is 0 Å². The van der Waals surface area contributed by atoms with Crippen molar-refractivity contribution >= 4 is 5.69 Å². The van der Waals surface area contributed by atoms with Crippen LogP contribution in [0.1, 0.15) is 23.0 Å². The fraction of sp³-hybridized carbons (Fsp3) is 0.360. The summed E-state index contributed by atoms with van der Waals surface area (Å²) in [4.78, 5) is 22.7. The summed E-state index contributed by atoms with van der Waals surface area (Å²) in [7, 11) is 1.62. The van der Waals surface area contributed by atoms with Gasteiger partial charge in [-0.15, -0.1) is 0 Å². The van der Waals surface area contributed by atoms with Crippen LogP contribution >= 0.6 is 0 Å². The Labute approximate surface area is 188 Å². The number of nitrogens with zero attached hydrogens (tertiary/aromatic N) is 4. The van der Waals surface area contributed by atoms with E-state index in [1.165, 1.54) is 5.69 Å². The highest BCUT2D eigenvalue weighted by atomic mass is 16.5. The molecule has 0 spiro atoms. The molecule has 32 heavy (non-hydrogen) atoms. The predicted octanol–water partition coefficient (Wildman–Crippen LogP) is 2.82. The number of hydrogen-bond donors (Lipinski definition) is 1. The van der Waals surface area contributed by atoms with Gasteiger partial charge in [0, 0.05) is 57.4 Å². The Hall–Kier alpha value is -3.16. The number of anilines is 1. The first-order chi connectivity index (χ1) is 15.6. The number of aromatic nitrogens is 2. The van der Waals surface area contributed by atoms with Crippen molar-refractivity contribution in [1.29, 1.82) is 0 Å². The van der Waals surface area contributed by atoms with Gasteiger partial charge in [0.2, 0.25) is 0 Å². The lowest BCUT2D eigenvalue weighted by Gasteiger charge is -2.40. The molecule has 1 aliphatic heterocycles. The molecule has 1 aliphatic rings. The van der Waals surface area contributed by atoms with E-state index in [-0.39, 0.29) is 11.3 Å². The molecule has 7 heteroatoms. The number of aromatic hydroxyl groups is 1. The van der Waals surface area contributed by atoms with Gasteiger partial charge in [0.1, 0.15) is 5.75 Å². The van der Waals surface area contributed by atoms with Crippen molar-refractivity contribution in [2.75, 3.05) is 44.8 Å². The second-order valence-corrected chi connectivity index (χ2v) is 8.05. The largest absolute Gasteiger partial charge is 0.507 e. The molecule has 0 amide bonds. The standard InChI is InChI=1S/C25H30N4O3/c1-19-18-22(30)23(25(31)29(19)16-17-32-2)24(21-10-6-7-11-26-21)28-14-12-27(13-15-28)20-8-4-3-5-9-20/h3-11,18,24,30H,12-17H2,1-2H3. The molecule has 1 aromatic carbocycles. The van der Waals surface area contributed by atoms with E-state index in [1.807, 2.05) is 43.3 Å². The molecule has 0 aliphatic carbocycles. The van der Waals surface area contributed by atoms with Crippen LogP contribution in [0.3, 0.4) is 0 Å². The van der Waals surface area contributed by atoms with Gasteiger partial charge in [0.15, 0.2) is 0 Å². The Kier molecular flexibility index (Phi) is 6.87. The van der Waals surface area contributed by atoms with Crippen LogP contribution in [0.4, 0.5) is 5.69 Å². The first-order valence-electron chi connectivity index (χ1n) is 11.0. The van der Waals surface area contributed by atoms with Gasteiger partial charge in [-0.05, 0) is 37.3 Å². The third-order valence-corrected chi connectivity index (χ3v) is 6.08. The molecular weight excluding hydrogens is 404 g/mol. The van der Waals surface area contributed by atoms with Gasteiger partial charge in [-0.3, -0.25) is 14.7 Å². The van der Waals surface area contributed by atoms with Gasteiger partial charge >= 0.3 is 0 Å². The predicted molar refractivity (Wildman–Crippen MR) is 125 cm³/mol. The lowest BCUT2D eigenvalue weighted by atomic mass is 9.99. The zero-order chi connectivity index (χ0) is 22.5. The summed E-state index contributed by atoms with van der Waals surface area (Å²) in [6.07, 6.45) is 1.73. The molecule has 0 saturated carbocycles. The van der Waals surface area contributed by atoms with Crippen molar-refractivity contribution in [3.63, 3.8) is 0 Å². The van der Waals surface area contributed by atoms with Crippen molar-refractivity contribution < 1.29 is 9.84 Å². The Morgan fingerprint density at radius 3 is 2.44 bits per heavy atom. The highest BCUT2D eigenvalue weighted by Gasteiger charge is 2.32. The number of pyridine rings is 2. The lowest BCUT2D eigenvalue weighted by molar-refractivity contribution is 0.183. The van der Waals surface area contributed by atoms with Crippen LogP contribution in [-0.4, -0.2) is 59.5 Å². The summed E-state index contributed by atoms with van der Waals surface area (Å²) in [6.45, 7) is 5.85. The molecule has 1 atom stereocenters. The van der Waals surface area contributed by atoms with Crippen LogP contribution in [-0.2, 0) is 11.3 Å². The maximum absolute atomic E-state index is 13.5. The second-order valence-electron chi connectivity index (χ2n) is 8.05. The molecule has 3 heterocycles. The molecule has 1 fully saturated rings. The Bertz CT molecular complexity index is 1080. The Morgan fingerprint density at radius 2 is 1.78 bits per heavy atom. The van der Waals surface area contributed by atoms with Gasteiger partial charge in [0.25, 0.3) is 5.56 Å². The van der Waals surface area contributed by atoms with Crippen molar-refractivity contribution in [2.45, 2.75) is 19.5 Å². The van der Waals surface area contributed by atoms with Crippen LogP contribution in [0.2, 0.25) is 0 Å². The molecule has 168 valence electrons. The smallest absolute Gasteiger partial charge is 0.259 e. The zero-order valence-corrected chi connectivity index (χ0v) is 18.6. The van der Waals surface area contributed by atoms with Crippen LogP contribution in [0, 0.1) is 6.92 Å². The van der Waals surface area contributed by atoms with Crippen LogP contribution < -0.4 is 10.5 Å². The summed E-state index contributed by atoms with van der Waals surface area (Å²) in [5, 5.41) is 10.9. The van der Waals surface area contributed by atoms with E-state index in [0.717, 1.165) is 31.9 Å². The first-order valence-corrected chi connectivity index (χ1v) is 11.0. The minimum absolute atomic E-state index is 0.0160. The highest BCUT2D eigenvalue weighted by Crippen LogP contribution is 2.32. The number of piperazine rings is 1. The van der Waals surface area contributed by atoms with Crippen LogP contribution in [0.5, 0.6) is 5.75 Å². The molecule has 0 radical (unpaired) electrons. The minimum atomic E-state index is -0.420. The first kappa shape index (κ1) is 22.0. The maximum Gasteiger partial charge on any atom is 0.259 e. The minimum Gasteiger partial charge on any atom is -0.507 e. The number of methoxy groups -OCH3 is 1. The molecule has 1 unspecified atom stereocenters. The SMILES string of the molecule is COCCn1c(C)cc(O)c(C(c2ccccn2)N2CCN(c3ccccc3)CC2)c1=O. The van der Waals surface area contributed by atoms with Gasteiger partial charge < -0.3 is 19.3 Å². The summed E-state index contributed by atoms with van der Waals surface area (Å²) in [5.74, 6) is 0.0160. The monoisotopic (exact) mass is 434 g/mol. The highest BCUT2D eigenvalue weighted by molar-refractivity contribution is 5.47. The normalized spacial score (nSPS) is 15.6. The second kappa shape index (κ2) is 9.97. The average Bonchev–Trinajstić information content (AvgIpc) is 2.83. The lowest BCUT2D eigenvalue weighted by Crippen LogP contribution is -2.49. The number of aryl methyl sites for hydroxylation is 1. The Morgan fingerprint density at radius 1 is 1.06 bits per heavy atom. The van der Waals surface area contributed by atoms with E-state index < -0.39 is 6.04 Å². The van der Waals surface area contributed by atoms with Gasteiger partial charge in [-0.2, -0.15) is 0 Å². The van der Waals surface area contributed by atoms with Crippen molar-refractivity contribution in [3.05, 3.63) is 88.1 Å². The summed E-state index contributed by atoms with van der Waals surface area (Å²) >= 11 is 0. The molecule has 1 saturated heterocycles. The number of hydrogen-bond acceptors (Lipinski definition) is 6. The van der Waals surface area contributed by atoms with Crippen molar-refractivity contribution in [1.82, 2.24) is 14.5 Å². The van der Waals surface area contributed by atoms with Crippen LogP contribution in [0.25, 0.3) is 0 Å². The van der Waals surface area contributed by atoms with E-state index in [4.69, 9.17) is 4.74 Å². The average molecular weight is 435 g/mol. The fourth-order valence-electron chi connectivity index (χ4n) is 4.42. The van der Waals surface area contributed by atoms with Crippen molar-refractivity contribution in [3.8, 4) is 5.75 Å². The molecular formula is C25H30N4O3. The molecule has 7 nitrogen and oxygen atoms in total. The zero-order valence-electron chi connectivity index (χ0n) is 18.6. The molecule has 4 rings (SSSR count). The van der Waals surface area contributed by atoms with Gasteiger partial charge in [0.05, 0.1) is 23.9 Å². The maximum atomic E-state index is 13.5. The number of benzene rings is 1. The number of ether oxygens (including phenoxy) is 1. The number of rotatable bonds is 7. The Balaban J connectivity index is 1.70. The summed E-state index contributed by atoms with van der Waals surface area (Å²) in [6, 6.07) is 17.3. The van der Waals surface area contributed by atoms with Crippen LogP contribution in [0.15, 0.2) is 65.6 Å². The molecule has 1 N–H and O–H groups in total. The fourth-order valence-corrected chi connectivity index (χ4v) is 4.42. The van der Waals surface area contributed by atoms with Crippen molar-refractivity contribution in [2.24, 2.45) is 0 Å². The molecule has 2 aromatic heterocycles. The summed E-state index contributed by atoms with van der Waals surface area (Å²) < 4.78 is 6.87. The van der Waals surface area contributed by atoms with E-state index in [1.54, 1.807) is 23.9 Å². The molecule has 0 bridgehead atoms. The summed E-state index contributed by atoms with van der Waals surface area (Å²) in [5.41, 5.74) is 2.85. The van der Waals surface area contributed by atoms with Gasteiger partial charge in [-0.25, -0.2) is 0 Å². The topological polar surface area (TPSA) is 70.8 Å². The molecule has 3 aromatic rings.